The maximum atomic E-state index is 9.59. The van der Waals surface area contributed by atoms with Crippen LogP contribution in [0.3, 0.4) is 0 Å². The van der Waals surface area contributed by atoms with Crippen LogP contribution in [0.2, 0.25) is 0 Å². The van der Waals surface area contributed by atoms with E-state index in [4.69, 9.17) is 0 Å². The number of anilines is 2. The quantitative estimate of drug-likeness (QED) is 0.861. The molecule has 1 atom stereocenters. The van der Waals surface area contributed by atoms with E-state index in [-0.39, 0.29) is 0 Å². The Hall–Kier alpha value is -1.39. The molecule has 1 N–H and O–H groups in total. The van der Waals surface area contributed by atoms with Gasteiger partial charge in [-0.05, 0) is 25.5 Å². The van der Waals surface area contributed by atoms with Gasteiger partial charge in [-0.1, -0.05) is 31.5 Å². The molecule has 2 aromatic rings. The van der Waals surface area contributed by atoms with E-state index in [0.717, 1.165) is 35.9 Å². The Labute approximate surface area is 118 Å². The molecular weight excluding hydrogens is 256 g/mol. The van der Waals surface area contributed by atoms with Crippen molar-refractivity contribution in [2.24, 2.45) is 0 Å². The highest BCUT2D eigenvalue weighted by Gasteiger charge is 2.14. The first kappa shape index (κ1) is 14.0. The number of aliphatic hydroxyl groups is 1. The smallest absolute Gasteiger partial charge is 0.190 e. The highest BCUT2D eigenvalue weighted by Crippen LogP contribution is 2.30. The van der Waals surface area contributed by atoms with Crippen LogP contribution in [0.15, 0.2) is 35.7 Å². The number of nitrogens with zero attached hydrogens (tertiary/aromatic N) is 2. The van der Waals surface area contributed by atoms with Crippen LogP contribution in [0, 0.1) is 0 Å². The normalized spacial score (nSPS) is 12.4. The van der Waals surface area contributed by atoms with Crippen LogP contribution in [0.4, 0.5) is 10.8 Å². The van der Waals surface area contributed by atoms with Gasteiger partial charge in [0, 0.05) is 17.6 Å². The first-order chi connectivity index (χ1) is 9.22. The summed E-state index contributed by atoms with van der Waals surface area (Å²) in [6, 6.07) is 10.3. The summed E-state index contributed by atoms with van der Waals surface area (Å²) >= 11 is 1.59. The van der Waals surface area contributed by atoms with Crippen molar-refractivity contribution >= 4 is 22.2 Å². The van der Waals surface area contributed by atoms with Crippen LogP contribution in [0.5, 0.6) is 0 Å². The summed E-state index contributed by atoms with van der Waals surface area (Å²) in [5.41, 5.74) is 1.90. The lowest BCUT2D eigenvalue weighted by Crippen LogP contribution is -2.18. The Bertz CT molecular complexity index is 496. The van der Waals surface area contributed by atoms with Gasteiger partial charge in [-0.3, -0.25) is 0 Å². The Morgan fingerprint density at radius 1 is 1.32 bits per heavy atom. The summed E-state index contributed by atoms with van der Waals surface area (Å²) in [4.78, 5) is 6.76. The fraction of sp³-hybridized carbons (Fsp3) is 0.400. The highest BCUT2D eigenvalue weighted by molar-refractivity contribution is 7.13. The fourth-order valence-electron chi connectivity index (χ4n) is 1.85. The van der Waals surface area contributed by atoms with E-state index in [1.54, 1.807) is 18.3 Å². The molecule has 102 valence electrons. The lowest BCUT2D eigenvalue weighted by atomic mass is 10.2. The van der Waals surface area contributed by atoms with Crippen molar-refractivity contribution in [1.82, 2.24) is 4.98 Å². The van der Waals surface area contributed by atoms with Crippen LogP contribution < -0.4 is 4.90 Å². The van der Waals surface area contributed by atoms with E-state index in [9.17, 15) is 5.11 Å². The summed E-state index contributed by atoms with van der Waals surface area (Å²) in [5, 5.41) is 12.5. The van der Waals surface area contributed by atoms with Crippen LogP contribution in [-0.2, 0) is 0 Å². The average Bonchev–Trinajstić information content (AvgIpc) is 2.90. The number of rotatable bonds is 6. The van der Waals surface area contributed by atoms with Crippen LogP contribution in [0.1, 0.15) is 38.5 Å². The predicted octanol–water partition coefficient (Wildman–Crippen LogP) is 4.13. The van der Waals surface area contributed by atoms with Gasteiger partial charge < -0.3 is 10.0 Å². The molecule has 1 aromatic heterocycles. The number of unbranched alkanes of at least 4 members (excludes halogenated alkanes) is 1. The first-order valence-corrected chi connectivity index (χ1v) is 7.56. The zero-order valence-corrected chi connectivity index (χ0v) is 12.2. The van der Waals surface area contributed by atoms with E-state index in [1.165, 1.54) is 0 Å². The van der Waals surface area contributed by atoms with Crippen LogP contribution in [0.25, 0.3) is 0 Å². The number of aliphatic hydroxyl groups excluding tert-OH is 1. The van der Waals surface area contributed by atoms with Gasteiger partial charge in [-0.15, -0.1) is 11.3 Å². The zero-order chi connectivity index (χ0) is 13.7. The summed E-state index contributed by atoms with van der Waals surface area (Å²) < 4.78 is 0. The molecule has 0 fully saturated rings. The molecule has 0 aliphatic rings. The van der Waals surface area contributed by atoms with E-state index >= 15 is 0 Å². The largest absolute Gasteiger partial charge is 0.387 e. The topological polar surface area (TPSA) is 36.4 Å². The lowest BCUT2D eigenvalue weighted by Gasteiger charge is -2.21. The molecule has 0 radical (unpaired) electrons. The molecule has 3 nitrogen and oxygen atoms in total. The molecule has 1 heterocycles. The van der Waals surface area contributed by atoms with Crippen molar-refractivity contribution < 1.29 is 5.11 Å². The van der Waals surface area contributed by atoms with Gasteiger partial charge >= 0.3 is 0 Å². The van der Waals surface area contributed by atoms with Gasteiger partial charge in [0.2, 0.25) is 0 Å². The number of aromatic nitrogens is 1. The summed E-state index contributed by atoms with van der Waals surface area (Å²) in [6.45, 7) is 4.89. The molecular formula is C15H20N2OS. The lowest BCUT2D eigenvalue weighted by molar-refractivity contribution is 0.195. The Morgan fingerprint density at radius 2 is 2.05 bits per heavy atom. The maximum absolute atomic E-state index is 9.59. The summed E-state index contributed by atoms with van der Waals surface area (Å²) in [6.07, 6.45) is 1.77. The third kappa shape index (κ3) is 3.55. The SMILES string of the molecule is CCCCN(c1ccccc1)c1nc(C(C)O)cs1. The van der Waals surface area contributed by atoms with Crippen molar-refractivity contribution in [3.8, 4) is 0 Å². The zero-order valence-electron chi connectivity index (χ0n) is 11.4. The second kappa shape index (κ2) is 6.68. The minimum Gasteiger partial charge on any atom is -0.387 e. The van der Waals surface area contributed by atoms with E-state index in [0.29, 0.717) is 0 Å². The van der Waals surface area contributed by atoms with Crippen molar-refractivity contribution in [2.45, 2.75) is 32.8 Å². The maximum Gasteiger partial charge on any atom is 0.190 e. The molecule has 0 saturated carbocycles. The molecule has 0 saturated heterocycles. The number of benzene rings is 1. The molecule has 19 heavy (non-hydrogen) atoms. The number of hydrogen-bond donors (Lipinski definition) is 1. The second-order valence-electron chi connectivity index (χ2n) is 4.57. The van der Waals surface area contributed by atoms with Crippen LogP contribution in [-0.4, -0.2) is 16.6 Å². The average molecular weight is 276 g/mol. The van der Waals surface area contributed by atoms with Gasteiger partial charge in [0.25, 0.3) is 0 Å². The minimum atomic E-state index is -0.506. The molecule has 0 amide bonds. The molecule has 1 aromatic carbocycles. The highest BCUT2D eigenvalue weighted by atomic mass is 32.1. The van der Waals surface area contributed by atoms with E-state index in [2.05, 4.69) is 28.9 Å². The summed E-state index contributed by atoms with van der Waals surface area (Å²) in [5.74, 6) is 0. The Balaban J connectivity index is 2.26. The van der Waals surface area contributed by atoms with Crippen molar-refractivity contribution in [1.29, 1.82) is 0 Å². The third-order valence-electron chi connectivity index (χ3n) is 2.97. The van der Waals surface area contributed by atoms with Crippen LogP contribution >= 0.6 is 11.3 Å². The van der Waals surface area contributed by atoms with E-state index in [1.807, 2.05) is 23.6 Å². The number of para-hydroxylation sites is 1. The van der Waals surface area contributed by atoms with Gasteiger partial charge in [0.15, 0.2) is 5.13 Å². The van der Waals surface area contributed by atoms with E-state index < -0.39 is 6.10 Å². The molecule has 4 heteroatoms. The monoisotopic (exact) mass is 276 g/mol. The Kier molecular flexibility index (Phi) is 4.93. The second-order valence-corrected chi connectivity index (χ2v) is 5.41. The molecule has 0 aliphatic carbocycles. The van der Waals surface area contributed by atoms with Crippen molar-refractivity contribution in [3.05, 3.63) is 41.4 Å². The minimum absolute atomic E-state index is 0.506. The third-order valence-corrected chi connectivity index (χ3v) is 3.85. The van der Waals surface area contributed by atoms with Gasteiger partial charge in [0.05, 0.1) is 11.8 Å². The molecule has 0 aliphatic heterocycles. The molecule has 2 rings (SSSR count). The standard InChI is InChI=1S/C15H20N2OS/c1-3-4-10-17(13-8-6-5-7-9-13)15-16-14(11-19-15)12(2)18/h5-9,11-12,18H,3-4,10H2,1-2H3. The summed E-state index contributed by atoms with van der Waals surface area (Å²) in [7, 11) is 0. The predicted molar refractivity (Wildman–Crippen MR) is 81.1 cm³/mol. The van der Waals surface area contributed by atoms with Crippen molar-refractivity contribution in [2.75, 3.05) is 11.4 Å². The molecule has 1 unspecified atom stereocenters. The van der Waals surface area contributed by atoms with Gasteiger partial charge in [-0.25, -0.2) is 4.98 Å². The molecule has 0 spiro atoms. The number of hydrogen-bond acceptors (Lipinski definition) is 4. The number of thiazole rings is 1. The first-order valence-electron chi connectivity index (χ1n) is 6.68. The fourth-order valence-corrected chi connectivity index (χ4v) is 2.81. The Morgan fingerprint density at radius 3 is 2.63 bits per heavy atom. The van der Waals surface area contributed by atoms with Crippen molar-refractivity contribution in [3.63, 3.8) is 0 Å². The van der Waals surface area contributed by atoms with Gasteiger partial charge in [-0.2, -0.15) is 0 Å². The molecule has 0 bridgehead atoms. The van der Waals surface area contributed by atoms with Gasteiger partial charge in [0.1, 0.15) is 0 Å².